The second kappa shape index (κ2) is 6.67. The summed E-state index contributed by atoms with van der Waals surface area (Å²) in [7, 11) is 1.56. The van der Waals surface area contributed by atoms with Gasteiger partial charge in [0.2, 0.25) is 11.8 Å². The number of aromatic nitrogens is 2. The third kappa shape index (κ3) is 3.09. The summed E-state index contributed by atoms with van der Waals surface area (Å²) in [4.78, 5) is 15.2. The zero-order chi connectivity index (χ0) is 16.4. The number of thiophene rings is 1. The van der Waals surface area contributed by atoms with Crippen LogP contribution in [0.5, 0.6) is 5.75 Å². The summed E-state index contributed by atoms with van der Waals surface area (Å²) in [5.74, 6) is 1.60. The summed E-state index contributed by atoms with van der Waals surface area (Å²) in [6.07, 6.45) is 0. The first-order chi connectivity index (χ1) is 11.1. The predicted octanol–water partition coefficient (Wildman–Crippen LogP) is 2.48. The van der Waals surface area contributed by atoms with E-state index in [1.165, 1.54) is 11.3 Å². The molecule has 0 aromatic carbocycles. The van der Waals surface area contributed by atoms with Gasteiger partial charge in [0.1, 0.15) is 16.7 Å². The van der Waals surface area contributed by atoms with Gasteiger partial charge in [0, 0.05) is 12.5 Å². The lowest BCUT2D eigenvalue weighted by Gasteiger charge is -2.33. The van der Waals surface area contributed by atoms with Crippen LogP contribution in [0.15, 0.2) is 15.9 Å². The molecule has 3 heterocycles. The van der Waals surface area contributed by atoms with Gasteiger partial charge in [0.05, 0.1) is 20.3 Å². The largest absolute Gasteiger partial charge is 0.495 e. The Hall–Kier alpha value is -1.93. The second-order valence-corrected chi connectivity index (χ2v) is 6.46. The number of hydrogen-bond donors (Lipinski definition) is 0. The molecule has 1 saturated heterocycles. The molecule has 1 aliphatic heterocycles. The molecule has 0 radical (unpaired) electrons. The minimum atomic E-state index is -0.372. The third-order valence-electron chi connectivity index (χ3n) is 3.67. The molecule has 1 aliphatic rings. The van der Waals surface area contributed by atoms with Crippen LogP contribution < -0.4 is 4.74 Å². The maximum Gasteiger partial charge on any atom is 0.268 e. The van der Waals surface area contributed by atoms with E-state index in [0.29, 0.717) is 42.2 Å². The molecule has 1 amide bonds. The number of rotatable bonds is 4. The SMILES string of the molecule is COc1ccsc1C(=O)N1CCOCC1c1nnc(C(C)C)o1. The Bertz CT molecular complexity index is 682. The Balaban J connectivity index is 1.87. The van der Waals surface area contributed by atoms with Gasteiger partial charge in [-0.25, -0.2) is 0 Å². The molecule has 0 N–H and O–H groups in total. The van der Waals surface area contributed by atoms with E-state index in [9.17, 15) is 4.79 Å². The number of ether oxygens (including phenoxy) is 2. The molecular formula is C15H19N3O4S. The summed E-state index contributed by atoms with van der Waals surface area (Å²) >= 11 is 1.36. The number of carbonyl (C=O) groups excluding carboxylic acids is 1. The summed E-state index contributed by atoms with van der Waals surface area (Å²) in [6, 6.07) is 1.42. The van der Waals surface area contributed by atoms with E-state index in [0.717, 1.165) is 0 Å². The van der Waals surface area contributed by atoms with Crippen LogP contribution in [-0.4, -0.2) is 47.9 Å². The van der Waals surface area contributed by atoms with Crippen molar-refractivity contribution in [2.24, 2.45) is 0 Å². The summed E-state index contributed by atoms with van der Waals surface area (Å²) in [5.41, 5.74) is 0. The van der Waals surface area contributed by atoms with Gasteiger partial charge in [-0.3, -0.25) is 4.79 Å². The lowest BCUT2D eigenvalue weighted by atomic mass is 10.2. The molecular weight excluding hydrogens is 318 g/mol. The van der Waals surface area contributed by atoms with Gasteiger partial charge in [-0.1, -0.05) is 13.8 Å². The molecule has 124 valence electrons. The highest BCUT2D eigenvalue weighted by atomic mass is 32.1. The van der Waals surface area contributed by atoms with E-state index in [1.807, 2.05) is 19.2 Å². The van der Waals surface area contributed by atoms with Gasteiger partial charge < -0.3 is 18.8 Å². The Morgan fingerprint density at radius 1 is 1.48 bits per heavy atom. The molecule has 0 aliphatic carbocycles. The Kier molecular flexibility index (Phi) is 4.63. The van der Waals surface area contributed by atoms with Crippen LogP contribution in [0, 0.1) is 0 Å². The van der Waals surface area contributed by atoms with E-state index in [4.69, 9.17) is 13.9 Å². The van der Waals surface area contributed by atoms with Gasteiger partial charge >= 0.3 is 0 Å². The zero-order valence-corrected chi connectivity index (χ0v) is 14.1. The smallest absolute Gasteiger partial charge is 0.268 e. The molecule has 1 fully saturated rings. The molecule has 0 saturated carbocycles. The number of nitrogens with zero attached hydrogens (tertiary/aromatic N) is 3. The van der Waals surface area contributed by atoms with Crippen molar-refractivity contribution in [2.75, 3.05) is 26.9 Å². The molecule has 0 bridgehead atoms. The summed E-state index contributed by atoms with van der Waals surface area (Å²) in [5, 5.41) is 9.99. The first-order valence-electron chi connectivity index (χ1n) is 7.45. The fourth-order valence-corrected chi connectivity index (χ4v) is 3.22. The minimum Gasteiger partial charge on any atom is -0.495 e. The van der Waals surface area contributed by atoms with Crippen LogP contribution in [0.2, 0.25) is 0 Å². The Morgan fingerprint density at radius 2 is 2.30 bits per heavy atom. The molecule has 2 aromatic rings. The van der Waals surface area contributed by atoms with Gasteiger partial charge in [-0.15, -0.1) is 21.5 Å². The Morgan fingerprint density at radius 3 is 3.00 bits per heavy atom. The third-order valence-corrected chi connectivity index (χ3v) is 4.55. The lowest BCUT2D eigenvalue weighted by molar-refractivity contribution is -0.0106. The summed E-state index contributed by atoms with van der Waals surface area (Å²) < 4.78 is 16.5. The van der Waals surface area contributed by atoms with Crippen molar-refractivity contribution in [2.45, 2.75) is 25.8 Å². The van der Waals surface area contributed by atoms with Crippen LogP contribution in [0.4, 0.5) is 0 Å². The number of morpholine rings is 1. The molecule has 3 rings (SSSR count). The Labute approximate surface area is 138 Å². The standard InChI is InChI=1S/C15H19N3O4S/c1-9(2)13-16-17-14(22-13)10-8-21-6-5-18(10)15(19)12-11(20-3)4-7-23-12/h4,7,9-10H,5-6,8H2,1-3H3. The first kappa shape index (κ1) is 15.9. The molecule has 0 spiro atoms. The van der Waals surface area contributed by atoms with Crippen LogP contribution in [-0.2, 0) is 4.74 Å². The normalized spacial score (nSPS) is 18.4. The van der Waals surface area contributed by atoms with Gasteiger partial charge in [-0.2, -0.15) is 0 Å². The van der Waals surface area contributed by atoms with Crippen LogP contribution in [0.25, 0.3) is 0 Å². The highest BCUT2D eigenvalue weighted by molar-refractivity contribution is 7.12. The second-order valence-electron chi connectivity index (χ2n) is 5.54. The number of amides is 1. The zero-order valence-electron chi connectivity index (χ0n) is 13.3. The fourth-order valence-electron chi connectivity index (χ4n) is 2.41. The van der Waals surface area contributed by atoms with Crippen LogP contribution in [0.1, 0.15) is 47.3 Å². The average Bonchev–Trinajstić information content (AvgIpc) is 3.23. The van der Waals surface area contributed by atoms with Crippen molar-refractivity contribution >= 4 is 17.2 Å². The van der Waals surface area contributed by atoms with E-state index >= 15 is 0 Å². The van der Waals surface area contributed by atoms with Gasteiger partial charge in [0.15, 0.2) is 0 Å². The highest BCUT2D eigenvalue weighted by Gasteiger charge is 2.35. The molecule has 1 atom stereocenters. The fraction of sp³-hybridized carbons (Fsp3) is 0.533. The maximum absolute atomic E-state index is 12.9. The quantitative estimate of drug-likeness (QED) is 0.853. The summed E-state index contributed by atoms with van der Waals surface area (Å²) in [6.45, 7) is 5.27. The monoisotopic (exact) mass is 337 g/mol. The molecule has 7 nitrogen and oxygen atoms in total. The number of carbonyl (C=O) groups is 1. The average molecular weight is 337 g/mol. The van der Waals surface area contributed by atoms with Crippen molar-refractivity contribution in [1.82, 2.24) is 15.1 Å². The van der Waals surface area contributed by atoms with Crippen molar-refractivity contribution in [3.63, 3.8) is 0 Å². The van der Waals surface area contributed by atoms with Gasteiger partial charge in [-0.05, 0) is 11.4 Å². The van der Waals surface area contributed by atoms with E-state index in [-0.39, 0.29) is 17.9 Å². The maximum atomic E-state index is 12.9. The molecule has 2 aromatic heterocycles. The highest BCUT2D eigenvalue weighted by Crippen LogP contribution is 2.31. The van der Waals surface area contributed by atoms with E-state index < -0.39 is 0 Å². The minimum absolute atomic E-state index is 0.102. The lowest BCUT2D eigenvalue weighted by Crippen LogP contribution is -2.43. The number of methoxy groups -OCH3 is 1. The van der Waals surface area contributed by atoms with E-state index in [1.54, 1.807) is 18.1 Å². The van der Waals surface area contributed by atoms with Crippen LogP contribution in [0.3, 0.4) is 0 Å². The predicted molar refractivity (Wildman–Crippen MR) is 83.9 cm³/mol. The van der Waals surface area contributed by atoms with Crippen molar-refractivity contribution in [3.8, 4) is 5.75 Å². The van der Waals surface area contributed by atoms with Crippen molar-refractivity contribution in [3.05, 3.63) is 28.1 Å². The van der Waals surface area contributed by atoms with Crippen molar-refractivity contribution < 1.29 is 18.7 Å². The van der Waals surface area contributed by atoms with Crippen LogP contribution >= 0.6 is 11.3 Å². The van der Waals surface area contributed by atoms with E-state index in [2.05, 4.69) is 10.2 Å². The molecule has 1 unspecified atom stereocenters. The topological polar surface area (TPSA) is 77.7 Å². The van der Waals surface area contributed by atoms with Crippen molar-refractivity contribution in [1.29, 1.82) is 0 Å². The molecule has 23 heavy (non-hydrogen) atoms. The molecule has 8 heteroatoms. The number of hydrogen-bond acceptors (Lipinski definition) is 7. The van der Waals surface area contributed by atoms with Gasteiger partial charge in [0.25, 0.3) is 5.91 Å². The first-order valence-corrected chi connectivity index (χ1v) is 8.33.